The Labute approximate surface area is 122 Å². The van der Waals surface area contributed by atoms with Crippen LogP contribution in [0.25, 0.3) is 0 Å². The first-order valence-corrected chi connectivity index (χ1v) is 6.22. The summed E-state index contributed by atoms with van der Waals surface area (Å²) in [6.07, 6.45) is 0.205. The van der Waals surface area contributed by atoms with Crippen LogP contribution in [0.3, 0.4) is 0 Å². The first-order chi connectivity index (χ1) is 10.2. The van der Waals surface area contributed by atoms with Crippen LogP contribution >= 0.6 is 0 Å². The van der Waals surface area contributed by atoms with Crippen molar-refractivity contribution in [2.24, 2.45) is 0 Å². The fourth-order valence-electron chi connectivity index (χ4n) is 1.37. The Bertz CT molecular complexity index is 524. The molecule has 0 aromatic heterocycles. The van der Waals surface area contributed by atoms with Crippen LogP contribution < -0.4 is 14.8 Å². The Morgan fingerprint density at radius 1 is 1.24 bits per heavy atom. The van der Waals surface area contributed by atoms with Gasteiger partial charge in [-0.05, 0) is 12.1 Å². The lowest BCUT2D eigenvalue weighted by Crippen LogP contribution is -2.30. The van der Waals surface area contributed by atoms with E-state index in [4.69, 9.17) is 19.5 Å². The number of esters is 1. The average molecular weight is 292 g/mol. The SMILES string of the molecule is COc1ccccc1OCC(=O)OCC(=O)NCCC#N. The number of nitriles is 1. The van der Waals surface area contributed by atoms with E-state index >= 15 is 0 Å². The van der Waals surface area contributed by atoms with E-state index in [2.05, 4.69) is 5.32 Å². The summed E-state index contributed by atoms with van der Waals surface area (Å²) in [6.45, 7) is -0.504. The zero-order valence-corrected chi connectivity index (χ0v) is 11.6. The summed E-state index contributed by atoms with van der Waals surface area (Å²) in [4.78, 5) is 22.7. The molecule has 7 nitrogen and oxygen atoms in total. The van der Waals surface area contributed by atoms with Crippen LogP contribution in [0, 0.1) is 11.3 Å². The zero-order chi connectivity index (χ0) is 15.5. The molecule has 1 N–H and O–H groups in total. The molecule has 0 fully saturated rings. The van der Waals surface area contributed by atoms with Crippen LogP contribution in [0.2, 0.25) is 0 Å². The predicted octanol–water partition coefficient (Wildman–Crippen LogP) is 0.647. The maximum Gasteiger partial charge on any atom is 0.344 e. The van der Waals surface area contributed by atoms with Gasteiger partial charge < -0.3 is 19.5 Å². The summed E-state index contributed by atoms with van der Waals surface area (Å²) >= 11 is 0. The van der Waals surface area contributed by atoms with Crippen LogP contribution in [0.1, 0.15) is 6.42 Å². The van der Waals surface area contributed by atoms with Crippen molar-refractivity contribution in [3.63, 3.8) is 0 Å². The van der Waals surface area contributed by atoms with Crippen LogP contribution in [-0.4, -0.2) is 38.7 Å². The number of methoxy groups -OCH3 is 1. The fourth-order valence-corrected chi connectivity index (χ4v) is 1.37. The average Bonchev–Trinajstić information content (AvgIpc) is 2.51. The number of nitrogens with one attached hydrogen (secondary N) is 1. The highest BCUT2D eigenvalue weighted by molar-refractivity contribution is 5.80. The summed E-state index contributed by atoms with van der Waals surface area (Å²) in [6, 6.07) is 8.75. The Morgan fingerprint density at radius 2 is 1.95 bits per heavy atom. The van der Waals surface area contributed by atoms with Crippen molar-refractivity contribution >= 4 is 11.9 Å². The standard InChI is InChI=1S/C14H16N2O5/c1-19-11-5-2-3-6-12(11)20-10-14(18)21-9-13(17)16-8-4-7-15/h2-3,5-6H,4,8-10H2,1H3,(H,16,17). The molecule has 0 saturated heterocycles. The molecular weight excluding hydrogens is 276 g/mol. The van der Waals surface area contributed by atoms with Gasteiger partial charge in [0.15, 0.2) is 24.7 Å². The number of nitrogens with zero attached hydrogens (tertiary/aromatic N) is 1. The molecule has 1 amide bonds. The molecule has 21 heavy (non-hydrogen) atoms. The van der Waals surface area contributed by atoms with Gasteiger partial charge in [0.1, 0.15) is 0 Å². The quantitative estimate of drug-likeness (QED) is 0.558. The van der Waals surface area contributed by atoms with Gasteiger partial charge in [0.25, 0.3) is 5.91 Å². The number of amides is 1. The molecule has 0 radical (unpaired) electrons. The van der Waals surface area contributed by atoms with Gasteiger partial charge in [-0.3, -0.25) is 4.79 Å². The summed E-state index contributed by atoms with van der Waals surface area (Å²) < 4.78 is 15.0. The highest BCUT2D eigenvalue weighted by atomic mass is 16.6. The number of carbonyl (C=O) groups excluding carboxylic acids is 2. The number of rotatable bonds is 8. The third kappa shape index (κ3) is 6.29. The molecule has 0 bridgehead atoms. The Hall–Kier alpha value is -2.75. The Morgan fingerprint density at radius 3 is 2.62 bits per heavy atom. The lowest BCUT2D eigenvalue weighted by Gasteiger charge is -2.10. The third-order valence-electron chi connectivity index (χ3n) is 2.34. The van der Waals surface area contributed by atoms with Gasteiger partial charge in [-0.15, -0.1) is 0 Å². The second kappa shape index (κ2) is 9.20. The van der Waals surface area contributed by atoms with Crippen molar-refractivity contribution in [3.05, 3.63) is 24.3 Å². The van der Waals surface area contributed by atoms with Crippen LogP contribution in [-0.2, 0) is 14.3 Å². The Balaban J connectivity index is 2.28. The monoisotopic (exact) mass is 292 g/mol. The van der Waals surface area contributed by atoms with E-state index in [1.165, 1.54) is 7.11 Å². The van der Waals surface area contributed by atoms with Crippen molar-refractivity contribution in [1.29, 1.82) is 5.26 Å². The van der Waals surface area contributed by atoms with E-state index in [0.29, 0.717) is 11.5 Å². The molecule has 0 unspecified atom stereocenters. The molecule has 0 atom stereocenters. The second-order valence-electron chi connectivity index (χ2n) is 3.86. The predicted molar refractivity (Wildman–Crippen MR) is 72.7 cm³/mol. The summed E-state index contributed by atoms with van der Waals surface area (Å²) in [7, 11) is 1.49. The molecule has 0 saturated carbocycles. The highest BCUT2D eigenvalue weighted by Crippen LogP contribution is 2.25. The molecule has 7 heteroatoms. The minimum Gasteiger partial charge on any atom is -0.493 e. The summed E-state index contributed by atoms with van der Waals surface area (Å²) in [5, 5.41) is 10.7. The first-order valence-electron chi connectivity index (χ1n) is 6.22. The molecule has 1 aromatic rings. The van der Waals surface area contributed by atoms with Gasteiger partial charge in [-0.25, -0.2) is 4.79 Å². The van der Waals surface area contributed by atoms with Crippen LogP contribution in [0.5, 0.6) is 11.5 Å². The molecule has 0 aliphatic carbocycles. The molecule has 0 spiro atoms. The normalized spacial score (nSPS) is 9.33. The smallest absolute Gasteiger partial charge is 0.344 e. The molecule has 0 heterocycles. The van der Waals surface area contributed by atoms with Gasteiger partial charge in [0.05, 0.1) is 19.6 Å². The van der Waals surface area contributed by atoms with E-state index in [9.17, 15) is 9.59 Å². The third-order valence-corrected chi connectivity index (χ3v) is 2.34. The summed E-state index contributed by atoms with van der Waals surface area (Å²) in [5.41, 5.74) is 0. The maximum absolute atomic E-state index is 11.4. The first kappa shape index (κ1) is 16.3. The number of hydrogen-bond acceptors (Lipinski definition) is 6. The van der Waals surface area contributed by atoms with Crippen LogP contribution in [0.15, 0.2) is 24.3 Å². The van der Waals surface area contributed by atoms with E-state index in [0.717, 1.165) is 0 Å². The second-order valence-corrected chi connectivity index (χ2v) is 3.86. The van der Waals surface area contributed by atoms with Gasteiger partial charge in [0.2, 0.25) is 0 Å². The van der Waals surface area contributed by atoms with E-state index in [1.54, 1.807) is 24.3 Å². The van der Waals surface area contributed by atoms with E-state index < -0.39 is 18.5 Å². The van der Waals surface area contributed by atoms with Crippen molar-refractivity contribution < 1.29 is 23.8 Å². The Kier molecular flexibility index (Phi) is 7.14. The lowest BCUT2D eigenvalue weighted by atomic mass is 10.3. The van der Waals surface area contributed by atoms with Gasteiger partial charge >= 0.3 is 5.97 Å². The number of ether oxygens (including phenoxy) is 3. The minimum absolute atomic E-state index is 0.205. The van der Waals surface area contributed by atoms with E-state index in [1.807, 2.05) is 6.07 Å². The number of benzene rings is 1. The minimum atomic E-state index is -0.670. The van der Waals surface area contributed by atoms with Crippen molar-refractivity contribution in [2.45, 2.75) is 6.42 Å². The molecule has 1 rings (SSSR count). The zero-order valence-electron chi connectivity index (χ0n) is 11.6. The highest BCUT2D eigenvalue weighted by Gasteiger charge is 2.10. The molecular formula is C14H16N2O5. The number of hydrogen-bond donors (Lipinski definition) is 1. The van der Waals surface area contributed by atoms with Crippen molar-refractivity contribution in [3.8, 4) is 17.6 Å². The number of carbonyl (C=O) groups is 2. The van der Waals surface area contributed by atoms with Crippen LogP contribution in [0.4, 0.5) is 0 Å². The van der Waals surface area contributed by atoms with Crippen molar-refractivity contribution in [1.82, 2.24) is 5.32 Å². The number of para-hydroxylation sites is 2. The fraction of sp³-hybridized carbons (Fsp3) is 0.357. The maximum atomic E-state index is 11.4. The topological polar surface area (TPSA) is 97.7 Å². The molecule has 1 aromatic carbocycles. The molecule has 0 aliphatic rings. The van der Waals surface area contributed by atoms with Gasteiger partial charge in [0, 0.05) is 6.54 Å². The molecule has 0 aliphatic heterocycles. The van der Waals surface area contributed by atoms with Gasteiger partial charge in [-0.1, -0.05) is 12.1 Å². The largest absolute Gasteiger partial charge is 0.493 e. The van der Waals surface area contributed by atoms with Crippen molar-refractivity contribution in [2.75, 3.05) is 26.9 Å². The van der Waals surface area contributed by atoms with Gasteiger partial charge in [-0.2, -0.15) is 5.26 Å². The molecule has 112 valence electrons. The summed E-state index contributed by atoms with van der Waals surface area (Å²) in [5.74, 6) is -0.220. The van der Waals surface area contributed by atoms with E-state index in [-0.39, 0.29) is 19.6 Å². The lowest BCUT2D eigenvalue weighted by molar-refractivity contribution is -0.150.